The lowest BCUT2D eigenvalue weighted by Gasteiger charge is -2.09. The number of halogens is 1. The summed E-state index contributed by atoms with van der Waals surface area (Å²) in [5, 5.41) is 6.66. The monoisotopic (exact) mass is 304 g/mol. The average Bonchev–Trinajstić information content (AvgIpc) is 2.48. The normalized spacial score (nSPS) is 10.0. The zero-order chi connectivity index (χ0) is 15.1. The number of anilines is 2. The van der Waals surface area contributed by atoms with Crippen molar-refractivity contribution < 1.29 is 9.53 Å². The lowest BCUT2D eigenvalue weighted by atomic mass is 10.2. The highest BCUT2D eigenvalue weighted by Gasteiger charge is 2.02. The number of rotatable bonds is 5. The molecule has 110 valence electrons. The fourth-order valence-electron chi connectivity index (χ4n) is 1.80. The number of carbonyl (C=O) groups is 1. The van der Waals surface area contributed by atoms with Crippen LogP contribution in [0.25, 0.3) is 0 Å². The third-order valence-electron chi connectivity index (χ3n) is 2.85. The molecule has 0 heterocycles. The molecule has 1 amide bonds. The zero-order valence-electron chi connectivity index (χ0n) is 11.7. The summed E-state index contributed by atoms with van der Waals surface area (Å²) in [6.45, 7) is 2.76. The van der Waals surface area contributed by atoms with Crippen LogP contribution in [0, 0.1) is 0 Å². The molecule has 2 rings (SSSR count). The van der Waals surface area contributed by atoms with E-state index in [2.05, 4.69) is 10.6 Å². The van der Waals surface area contributed by atoms with Crippen molar-refractivity contribution in [2.45, 2.75) is 13.5 Å². The van der Waals surface area contributed by atoms with Gasteiger partial charge in [0.2, 0.25) is 0 Å². The molecule has 0 spiro atoms. The predicted octanol–water partition coefficient (Wildman–Crippen LogP) is 4.52. The number of nitrogens with one attached hydrogen (secondary N) is 2. The highest BCUT2D eigenvalue weighted by Crippen LogP contribution is 2.18. The summed E-state index contributed by atoms with van der Waals surface area (Å²) >= 11 is 6.10. The SMILES string of the molecule is CCOC(=O)Nc1ccc(NCc2ccccc2Cl)cc1. The molecule has 0 fully saturated rings. The fraction of sp³-hybridized carbons (Fsp3) is 0.188. The summed E-state index contributed by atoms with van der Waals surface area (Å²) in [7, 11) is 0. The predicted molar refractivity (Wildman–Crippen MR) is 85.9 cm³/mol. The van der Waals surface area contributed by atoms with Crippen LogP contribution in [-0.2, 0) is 11.3 Å². The Morgan fingerprint density at radius 1 is 1.10 bits per heavy atom. The highest BCUT2D eigenvalue weighted by molar-refractivity contribution is 6.31. The summed E-state index contributed by atoms with van der Waals surface area (Å²) in [4.78, 5) is 11.3. The Hall–Kier alpha value is -2.20. The maximum absolute atomic E-state index is 11.3. The molecule has 0 bridgehead atoms. The van der Waals surface area contributed by atoms with E-state index in [0.29, 0.717) is 18.8 Å². The van der Waals surface area contributed by atoms with Crippen molar-refractivity contribution in [3.8, 4) is 0 Å². The van der Waals surface area contributed by atoms with Crippen molar-refractivity contribution in [3.63, 3.8) is 0 Å². The van der Waals surface area contributed by atoms with E-state index >= 15 is 0 Å². The maximum Gasteiger partial charge on any atom is 0.411 e. The Balaban J connectivity index is 1.91. The molecule has 0 aliphatic carbocycles. The van der Waals surface area contributed by atoms with Gasteiger partial charge < -0.3 is 10.1 Å². The first kappa shape index (κ1) is 15.2. The van der Waals surface area contributed by atoms with Crippen molar-refractivity contribution in [1.29, 1.82) is 0 Å². The Morgan fingerprint density at radius 2 is 1.76 bits per heavy atom. The van der Waals surface area contributed by atoms with E-state index in [1.165, 1.54) is 0 Å². The van der Waals surface area contributed by atoms with Crippen LogP contribution in [0.15, 0.2) is 48.5 Å². The van der Waals surface area contributed by atoms with Gasteiger partial charge in [0, 0.05) is 22.9 Å². The number of amides is 1. The maximum atomic E-state index is 11.3. The van der Waals surface area contributed by atoms with E-state index in [4.69, 9.17) is 16.3 Å². The summed E-state index contributed by atoms with van der Waals surface area (Å²) in [6.07, 6.45) is -0.450. The summed E-state index contributed by atoms with van der Waals surface area (Å²) in [5.41, 5.74) is 2.67. The van der Waals surface area contributed by atoms with Crippen molar-refractivity contribution in [2.75, 3.05) is 17.2 Å². The van der Waals surface area contributed by atoms with Crippen LogP contribution in [0.2, 0.25) is 5.02 Å². The van der Waals surface area contributed by atoms with Crippen molar-refractivity contribution >= 4 is 29.1 Å². The minimum absolute atomic E-state index is 0.351. The second kappa shape index (κ2) is 7.55. The molecule has 21 heavy (non-hydrogen) atoms. The lowest BCUT2D eigenvalue weighted by Crippen LogP contribution is -2.13. The standard InChI is InChI=1S/C16H17ClN2O2/c1-2-21-16(20)19-14-9-7-13(8-10-14)18-11-12-5-3-4-6-15(12)17/h3-10,18H,2,11H2,1H3,(H,19,20). The van der Waals surface area contributed by atoms with E-state index in [0.717, 1.165) is 16.3 Å². The summed E-state index contributed by atoms with van der Waals surface area (Å²) in [6, 6.07) is 15.1. The summed E-state index contributed by atoms with van der Waals surface area (Å²) < 4.78 is 4.81. The van der Waals surface area contributed by atoms with Crippen molar-refractivity contribution in [3.05, 3.63) is 59.1 Å². The number of benzene rings is 2. The van der Waals surface area contributed by atoms with Gasteiger partial charge in [-0.05, 0) is 42.8 Å². The first-order chi connectivity index (χ1) is 10.2. The van der Waals surface area contributed by atoms with E-state index < -0.39 is 6.09 Å². The third kappa shape index (κ3) is 4.68. The average molecular weight is 305 g/mol. The van der Waals surface area contributed by atoms with Gasteiger partial charge in [-0.3, -0.25) is 5.32 Å². The Kier molecular flexibility index (Phi) is 5.46. The van der Waals surface area contributed by atoms with E-state index in [1.807, 2.05) is 48.5 Å². The zero-order valence-corrected chi connectivity index (χ0v) is 12.5. The molecule has 0 aromatic heterocycles. The summed E-state index contributed by atoms with van der Waals surface area (Å²) in [5.74, 6) is 0. The van der Waals surface area contributed by atoms with Crippen molar-refractivity contribution in [2.24, 2.45) is 0 Å². The molecular weight excluding hydrogens is 288 g/mol. The largest absolute Gasteiger partial charge is 0.450 e. The topological polar surface area (TPSA) is 50.4 Å². The van der Waals surface area contributed by atoms with Gasteiger partial charge in [-0.1, -0.05) is 29.8 Å². The minimum atomic E-state index is -0.450. The number of ether oxygens (including phenoxy) is 1. The van der Waals surface area contributed by atoms with Crippen LogP contribution in [0.3, 0.4) is 0 Å². The van der Waals surface area contributed by atoms with Crippen LogP contribution >= 0.6 is 11.6 Å². The Labute approximate surface area is 129 Å². The molecule has 2 N–H and O–H groups in total. The molecule has 0 unspecified atom stereocenters. The third-order valence-corrected chi connectivity index (χ3v) is 3.22. The van der Waals surface area contributed by atoms with Gasteiger partial charge in [0.15, 0.2) is 0 Å². The lowest BCUT2D eigenvalue weighted by molar-refractivity contribution is 0.168. The van der Waals surface area contributed by atoms with Crippen LogP contribution in [0.5, 0.6) is 0 Å². The molecule has 0 aliphatic rings. The molecule has 2 aromatic carbocycles. The smallest absolute Gasteiger partial charge is 0.411 e. The van der Waals surface area contributed by atoms with Gasteiger partial charge in [-0.25, -0.2) is 4.79 Å². The van der Waals surface area contributed by atoms with Crippen LogP contribution in [0.4, 0.5) is 16.2 Å². The molecule has 0 aliphatic heterocycles. The quantitative estimate of drug-likeness (QED) is 0.854. The number of hydrogen-bond acceptors (Lipinski definition) is 3. The first-order valence-corrected chi connectivity index (χ1v) is 7.08. The number of hydrogen-bond donors (Lipinski definition) is 2. The highest BCUT2D eigenvalue weighted by atomic mass is 35.5. The van der Waals surface area contributed by atoms with Gasteiger partial charge in [0.1, 0.15) is 0 Å². The second-order valence-electron chi connectivity index (χ2n) is 4.37. The van der Waals surface area contributed by atoms with Gasteiger partial charge in [0.25, 0.3) is 0 Å². The van der Waals surface area contributed by atoms with Gasteiger partial charge in [-0.2, -0.15) is 0 Å². The molecule has 4 nitrogen and oxygen atoms in total. The molecular formula is C16H17ClN2O2. The molecule has 0 atom stereocenters. The van der Waals surface area contributed by atoms with E-state index in [9.17, 15) is 4.79 Å². The molecule has 2 aromatic rings. The van der Waals surface area contributed by atoms with Gasteiger partial charge in [0.05, 0.1) is 6.61 Å². The fourth-order valence-corrected chi connectivity index (χ4v) is 2.00. The van der Waals surface area contributed by atoms with E-state index in [1.54, 1.807) is 6.92 Å². The molecule has 5 heteroatoms. The van der Waals surface area contributed by atoms with E-state index in [-0.39, 0.29) is 0 Å². The van der Waals surface area contributed by atoms with Crippen molar-refractivity contribution in [1.82, 2.24) is 0 Å². The minimum Gasteiger partial charge on any atom is -0.450 e. The van der Waals surface area contributed by atoms with Crippen LogP contribution < -0.4 is 10.6 Å². The molecule has 0 saturated heterocycles. The van der Waals surface area contributed by atoms with Gasteiger partial charge in [-0.15, -0.1) is 0 Å². The Bertz CT molecular complexity index is 599. The van der Waals surface area contributed by atoms with Crippen LogP contribution in [-0.4, -0.2) is 12.7 Å². The van der Waals surface area contributed by atoms with Gasteiger partial charge >= 0.3 is 6.09 Å². The van der Waals surface area contributed by atoms with Crippen LogP contribution in [0.1, 0.15) is 12.5 Å². The second-order valence-corrected chi connectivity index (χ2v) is 4.77. The first-order valence-electron chi connectivity index (χ1n) is 6.70. The molecule has 0 radical (unpaired) electrons. The Morgan fingerprint density at radius 3 is 2.43 bits per heavy atom. The molecule has 0 saturated carbocycles. The number of carbonyl (C=O) groups excluding carboxylic acids is 1.